The summed E-state index contributed by atoms with van der Waals surface area (Å²) in [6.07, 6.45) is 12.8. The Morgan fingerprint density at radius 2 is 0.629 bits per heavy atom. The topological polar surface area (TPSA) is 327 Å². The number of anilines is 3. The van der Waals surface area contributed by atoms with Crippen LogP contribution in [0.25, 0.3) is 155 Å². The summed E-state index contributed by atoms with van der Waals surface area (Å²) in [4.78, 5) is 78.2. The minimum absolute atomic E-state index is 0.00484. The molecule has 3 fully saturated rings. The first-order chi connectivity index (χ1) is 69.7. The molecule has 1 saturated carbocycles. The van der Waals surface area contributed by atoms with Crippen molar-refractivity contribution in [3.8, 4) is 96.1 Å². The van der Waals surface area contributed by atoms with Gasteiger partial charge in [0.05, 0.1) is 76.4 Å². The lowest BCUT2D eigenvalue weighted by Crippen LogP contribution is -2.37. The summed E-state index contributed by atoms with van der Waals surface area (Å²) < 4.78 is 174. The Hall–Kier alpha value is -17.4. The molecule has 2 aliphatic heterocycles. The average Bonchev–Trinajstić information content (AvgIpc) is 1.70. The second-order valence-electron chi connectivity index (χ2n) is 33.0. The molecule has 0 bridgehead atoms. The van der Waals surface area contributed by atoms with Gasteiger partial charge in [-0.25, -0.2) is 19.9 Å². The molecule has 0 amide bonds. The van der Waals surface area contributed by atoms with Crippen molar-refractivity contribution in [3.63, 3.8) is 0 Å². The SMILES string of the molecule is Cn1cc2cc(-n3nc4ccc(N5CCC5)nc4c(-c4ccc(OC(F)F)cc4)c3=O)ccc2n1.Cn1cc2cc(-n3nc4ccc(N5CCCC5)nc4c(-c4ccc(OC(F)F)cc4)c3=O)ccc2n1.Cn1cc2cc(-n3nc4ccc(NC5CC5)nc4c(-c4ccc(OC(F)F)cc4)c3=O)ccc2n1.[2H]C([2H])([2H])C([2H])([2H])Oc1ccc2nn(-c3ccc4nn(C)cc4c3)c(=O)c(-c3ccc(OC(F)F)cc3)c2n1. The van der Waals surface area contributed by atoms with E-state index < -0.39 is 51.3 Å². The van der Waals surface area contributed by atoms with Crippen LogP contribution in [-0.2, 0) is 28.2 Å². The molecule has 1 N–H and O–H groups in total. The molecule has 12 aromatic heterocycles. The summed E-state index contributed by atoms with van der Waals surface area (Å²) in [5.74, 6) is 1.74. The smallest absolute Gasteiger partial charge is 0.387 e. The van der Waals surface area contributed by atoms with Gasteiger partial charge in [0.15, 0.2) is 0 Å². The molecule has 140 heavy (non-hydrogen) atoms. The van der Waals surface area contributed by atoms with Crippen LogP contribution >= 0.6 is 0 Å². The number of benzene rings is 8. The first-order valence-corrected chi connectivity index (χ1v) is 43.9. The summed E-state index contributed by atoms with van der Waals surface area (Å²) in [7, 11) is 7.27. The van der Waals surface area contributed by atoms with Crippen molar-refractivity contribution in [1.82, 2.24) is 98.2 Å². The Bertz CT molecular complexity index is 8640. The van der Waals surface area contributed by atoms with Crippen molar-refractivity contribution < 1.29 is 65.7 Å². The standard InChI is InChI=1S/C26H22F2N6O2.2C25H20F2N6O2.C24H19F2N5O3/c1-32-15-17-14-18(6-9-20(17)30-32)34-25(35)23(16-4-7-19(8-5-16)36-26(27)28)24-21(31-34)10-11-22(29-24)33-12-2-3-13-33;1-31-14-16-13-17(5-8-19(16)29-31)33-24(34)22(15-3-6-18(7-4-15)35-25(26)27)23-20(30-33)9-10-21(28-23)32-11-2-12-32;1-32-13-15-12-17(6-9-19(15)30-32)33-24(34)22(14-2-7-18(8-3-14)35-25(26)27)23-20(31-33)10-11-21(29-23)28-16-4-5-16;1-3-33-20-11-10-19-22(27-20)21(14-4-7-17(8-5-14)34-24(25)26)23(32)31(29-19)16-6-9-18-15(12-16)13-30(2)28-18/h4-11,14-15,26H,2-3,12-13H2,1H3;3-10,13-14,25H,2,11-12H2,1H3;2-3,6-13,16,25H,4-5H2,1H3,(H,28,29);4-13,24H,3H2,1-2H3/i;;;1D3,3D2. The van der Waals surface area contributed by atoms with Crippen LogP contribution in [0.5, 0.6) is 28.9 Å². The molecule has 0 radical (unpaired) electrons. The molecule has 40 heteroatoms. The number of alkyl halides is 8. The van der Waals surface area contributed by atoms with Crippen molar-refractivity contribution in [2.24, 2.45) is 28.2 Å². The maximum absolute atomic E-state index is 13.9. The summed E-state index contributed by atoms with van der Waals surface area (Å²) in [6, 6.07) is 59.1. The summed E-state index contributed by atoms with van der Waals surface area (Å²) in [6.45, 7) is -14.4. The van der Waals surface area contributed by atoms with E-state index in [0.29, 0.717) is 107 Å². The van der Waals surface area contributed by atoms with E-state index in [4.69, 9.17) is 26.5 Å². The van der Waals surface area contributed by atoms with E-state index in [1.165, 1.54) is 86.8 Å². The highest BCUT2D eigenvalue weighted by molar-refractivity contribution is 5.96. The van der Waals surface area contributed by atoms with Gasteiger partial charge in [0, 0.05) is 117 Å². The molecule has 2 saturated heterocycles. The van der Waals surface area contributed by atoms with Crippen LogP contribution in [0.1, 0.15) is 45.8 Å². The molecule has 20 aromatic rings. The molecule has 3 aliphatic rings. The van der Waals surface area contributed by atoms with Crippen LogP contribution < -0.4 is 61.0 Å². The number of aromatic nitrogens is 20. The highest BCUT2D eigenvalue weighted by Gasteiger charge is 2.28. The monoisotopic (exact) mass is 1900 g/mol. The van der Waals surface area contributed by atoms with Crippen LogP contribution in [0.4, 0.5) is 52.6 Å². The van der Waals surface area contributed by atoms with E-state index in [2.05, 4.69) is 79.8 Å². The highest BCUT2D eigenvalue weighted by atomic mass is 19.3. The highest BCUT2D eigenvalue weighted by Crippen LogP contribution is 2.37. The molecule has 32 nitrogen and oxygen atoms in total. The van der Waals surface area contributed by atoms with Gasteiger partial charge >= 0.3 is 26.4 Å². The van der Waals surface area contributed by atoms with Gasteiger partial charge < -0.3 is 38.8 Å². The van der Waals surface area contributed by atoms with Crippen molar-refractivity contribution in [2.75, 3.05) is 47.9 Å². The predicted octanol–water partition coefficient (Wildman–Crippen LogP) is 17.5. The molecule has 706 valence electrons. The molecule has 1 aliphatic carbocycles. The fourth-order valence-electron chi connectivity index (χ4n) is 16.8. The molecule has 14 heterocycles. The van der Waals surface area contributed by atoms with Crippen LogP contribution in [-0.4, -0.2) is 163 Å². The number of ether oxygens (including phenoxy) is 5. The molecule has 0 atom stereocenters. The number of rotatable bonds is 22. The van der Waals surface area contributed by atoms with Gasteiger partial charge in [-0.1, -0.05) is 48.5 Å². The minimum atomic E-state index is -3.11. The lowest BCUT2D eigenvalue weighted by atomic mass is 10.1. The fourth-order valence-corrected chi connectivity index (χ4v) is 16.8. The molecule has 0 unspecified atom stereocenters. The largest absolute Gasteiger partial charge is 0.478 e. The number of halogens is 8. The lowest BCUT2D eigenvalue weighted by Gasteiger charge is -2.32. The van der Waals surface area contributed by atoms with Crippen LogP contribution in [0.15, 0.2) is 262 Å². The first-order valence-electron chi connectivity index (χ1n) is 46.4. The Morgan fingerprint density at radius 3 is 0.921 bits per heavy atom. The first kappa shape index (κ1) is 84.4. The van der Waals surface area contributed by atoms with E-state index in [1.807, 2.05) is 113 Å². The molecule has 0 spiro atoms. The second kappa shape index (κ2) is 38.1. The van der Waals surface area contributed by atoms with Gasteiger partial charge in [0.25, 0.3) is 22.2 Å². The number of hydrogen-bond acceptors (Lipinski definition) is 24. The molecule has 8 aromatic carbocycles. The Labute approximate surface area is 793 Å². The Morgan fingerprint density at radius 1 is 0.343 bits per heavy atom. The fraction of sp³-hybridized carbons (Fsp3) is 0.200. The normalized spacial score (nSPS) is 13.8. The lowest BCUT2D eigenvalue weighted by molar-refractivity contribution is -0.0505. The summed E-state index contributed by atoms with van der Waals surface area (Å²) >= 11 is 0. The zero-order valence-corrected chi connectivity index (χ0v) is 74.4. The number of fused-ring (bicyclic) bond motifs is 8. The Kier molecular flexibility index (Phi) is 22.9. The van der Waals surface area contributed by atoms with E-state index in [0.717, 1.165) is 113 Å². The van der Waals surface area contributed by atoms with Crippen LogP contribution in [0.3, 0.4) is 0 Å². The van der Waals surface area contributed by atoms with E-state index in [1.54, 1.807) is 105 Å². The maximum atomic E-state index is 13.9. The number of nitrogens with one attached hydrogen (secondary N) is 1. The van der Waals surface area contributed by atoms with E-state index >= 15 is 0 Å². The van der Waals surface area contributed by atoms with E-state index in [-0.39, 0.29) is 61.8 Å². The third-order valence-electron chi connectivity index (χ3n) is 23.4. The van der Waals surface area contributed by atoms with Gasteiger partial charge in [0.2, 0.25) is 5.88 Å². The summed E-state index contributed by atoms with van der Waals surface area (Å²) in [5.41, 5.74) is 9.60. The third-order valence-corrected chi connectivity index (χ3v) is 23.4. The van der Waals surface area contributed by atoms with Crippen molar-refractivity contribution in [2.45, 2.75) is 71.4 Å². The zero-order valence-electron chi connectivity index (χ0n) is 79.4. The summed E-state index contributed by atoms with van der Waals surface area (Å²) in [5, 5.41) is 42.5. The Balaban J connectivity index is 0.000000118. The minimum Gasteiger partial charge on any atom is -0.478 e. The van der Waals surface area contributed by atoms with Gasteiger partial charge in [-0.2, -0.15) is 94.6 Å². The number of pyridine rings is 4. The van der Waals surface area contributed by atoms with Crippen molar-refractivity contribution in [1.29, 1.82) is 0 Å². The zero-order chi connectivity index (χ0) is 101. The van der Waals surface area contributed by atoms with Crippen molar-refractivity contribution >= 4 is 105 Å². The van der Waals surface area contributed by atoms with Gasteiger partial charge in [-0.05, 0) is 225 Å². The average molecular weight is 1910 g/mol. The third kappa shape index (κ3) is 19.0. The maximum Gasteiger partial charge on any atom is 0.387 e. The molecule has 23 rings (SSSR count). The van der Waals surface area contributed by atoms with Crippen LogP contribution in [0, 0.1) is 0 Å². The second-order valence-corrected chi connectivity index (χ2v) is 33.0. The quantitative estimate of drug-likeness (QED) is 0.0616. The van der Waals surface area contributed by atoms with Gasteiger partial charge in [0.1, 0.15) is 84.6 Å². The van der Waals surface area contributed by atoms with Gasteiger partial charge in [-0.15, -0.1) is 0 Å². The van der Waals surface area contributed by atoms with Gasteiger partial charge in [-0.3, -0.25) is 37.9 Å². The number of aryl methyl sites for hydroxylation is 4. The predicted molar refractivity (Wildman–Crippen MR) is 512 cm³/mol. The number of hydrogen-bond donors (Lipinski definition) is 1. The molecular formula is C100H81F8N23O9. The van der Waals surface area contributed by atoms with Crippen LogP contribution in [0.2, 0.25) is 0 Å². The number of nitrogens with zero attached hydrogens (tertiary/aromatic N) is 22. The van der Waals surface area contributed by atoms with Crippen molar-refractivity contribution in [3.05, 3.63) is 285 Å². The van der Waals surface area contributed by atoms with E-state index in [9.17, 15) is 54.3 Å². The molecular weight excluding hydrogens is 1820 g/mol.